The molecule has 24 heavy (non-hydrogen) atoms. The summed E-state index contributed by atoms with van der Waals surface area (Å²) in [5.41, 5.74) is 3.10. The zero-order chi connectivity index (χ0) is 16.8. The van der Waals surface area contributed by atoms with E-state index in [1.165, 1.54) is 5.56 Å². The molecule has 4 heteroatoms. The van der Waals surface area contributed by atoms with E-state index in [4.69, 9.17) is 4.74 Å². The highest BCUT2D eigenvalue weighted by Gasteiger charge is 2.24. The van der Waals surface area contributed by atoms with Crippen molar-refractivity contribution in [3.63, 3.8) is 0 Å². The Labute approximate surface area is 143 Å². The molecule has 2 aromatic carbocycles. The number of hydrogen-bond acceptors (Lipinski definition) is 3. The first-order valence-corrected chi connectivity index (χ1v) is 8.39. The zero-order valence-corrected chi connectivity index (χ0v) is 14.1. The van der Waals surface area contributed by atoms with Crippen LogP contribution in [0.2, 0.25) is 0 Å². The molecule has 1 fully saturated rings. The first-order valence-electron chi connectivity index (χ1n) is 8.39. The molecule has 1 amide bonds. The third kappa shape index (κ3) is 4.43. The van der Waals surface area contributed by atoms with E-state index in [1.54, 1.807) is 7.11 Å². The molecule has 1 heterocycles. The van der Waals surface area contributed by atoms with Gasteiger partial charge in [0.05, 0.1) is 6.61 Å². The van der Waals surface area contributed by atoms with E-state index in [-0.39, 0.29) is 11.9 Å². The van der Waals surface area contributed by atoms with Crippen molar-refractivity contribution in [3.05, 3.63) is 71.3 Å². The van der Waals surface area contributed by atoms with Gasteiger partial charge in [-0.3, -0.25) is 9.69 Å². The van der Waals surface area contributed by atoms with Crippen molar-refractivity contribution in [3.8, 4) is 0 Å². The predicted octanol–water partition coefficient (Wildman–Crippen LogP) is 2.84. The maximum Gasteiger partial charge on any atom is 0.251 e. The number of carbonyl (C=O) groups excluding carboxylic acids is 1. The molecule has 1 unspecified atom stereocenters. The van der Waals surface area contributed by atoms with Gasteiger partial charge in [0.25, 0.3) is 5.91 Å². The topological polar surface area (TPSA) is 41.6 Å². The van der Waals surface area contributed by atoms with E-state index in [1.807, 2.05) is 30.3 Å². The number of amides is 1. The number of likely N-dealkylation sites (tertiary alicyclic amines) is 1. The summed E-state index contributed by atoms with van der Waals surface area (Å²) in [7, 11) is 1.67. The number of benzene rings is 2. The molecule has 1 saturated heterocycles. The van der Waals surface area contributed by atoms with Crippen LogP contribution >= 0.6 is 0 Å². The van der Waals surface area contributed by atoms with E-state index < -0.39 is 0 Å². The summed E-state index contributed by atoms with van der Waals surface area (Å²) in [6.07, 6.45) is 1.00. The second-order valence-electron chi connectivity index (χ2n) is 6.31. The lowest BCUT2D eigenvalue weighted by Gasteiger charge is -2.17. The Morgan fingerprint density at radius 2 is 1.88 bits per heavy atom. The van der Waals surface area contributed by atoms with Gasteiger partial charge >= 0.3 is 0 Å². The van der Waals surface area contributed by atoms with Gasteiger partial charge in [0.2, 0.25) is 0 Å². The van der Waals surface area contributed by atoms with Crippen molar-refractivity contribution in [2.75, 3.05) is 20.2 Å². The van der Waals surface area contributed by atoms with Crippen LogP contribution in [0.5, 0.6) is 0 Å². The van der Waals surface area contributed by atoms with Gasteiger partial charge in [0, 0.05) is 38.3 Å². The molecular formula is C20H24N2O2. The fraction of sp³-hybridized carbons (Fsp3) is 0.350. The summed E-state index contributed by atoms with van der Waals surface area (Å²) in [5, 5.41) is 3.15. The van der Waals surface area contributed by atoms with Gasteiger partial charge in [0.15, 0.2) is 0 Å². The first-order chi connectivity index (χ1) is 11.7. The molecule has 4 nitrogen and oxygen atoms in total. The lowest BCUT2D eigenvalue weighted by atomic mass is 10.1. The Hall–Kier alpha value is -2.17. The van der Waals surface area contributed by atoms with E-state index in [0.29, 0.717) is 12.2 Å². The molecule has 126 valence electrons. The molecule has 1 aliphatic rings. The fourth-order valence-electron chi connectivity index (χ4n) is 3.12. The van der Waals surface area contributed by atoms with Gasteiger partial charge in [-0.25, -0.2) is 0 Å². The van der Waals surface area contributed by atoms with Crippen molar-refractivity contribution in [2.45, 2.75) is 25.6 Å². The lowest BCUT2D eigenvalue weighted by molar-refractivity contribution is 0.0937. The third-order valence-corrected chi connectivity index (χ3v) is 4.38. The maximum absolute atomic E-state index is 12.4. The second kappa shape index (κ2) is 8.08. The third-order valence-electron chi connectivity index (χ3n) is 4.38. The monoisotopic (exact) mass is 324 g/mol. The standard InChI is InChI=1S/C20H24N2O2/c1-24-15-17-7-9-18(10-8-17)20(23)21-19-11-12-22(14-19)13-16-5-3-2-4-6-16/h2-10,19H,11-15H2,1H3,(H,21,23). The van der Waals surface area contributed by atoms with Crippen LogP contribution in [-0.2, 0) is 17.9 Å². The quantitative estimate of drug-likeness (QED) is 0.888. The number of ether oxygens (including phenoxy) is 1. The summed E-state index contributed by atoms with van der Waals surface area (Å²) in [5.74, 6) is 0.00512. The Morgan fingerprint density at radius 1 is 1.12 bits per heavy atom. The molecule has 0 radical (unpaired) electrons. The highest BCUT2D eigenvalue weighted by atomic mass is 16.5. The molecule has 1 atom stereocenters. The average Bonchev–Trinajstić information content (AvgIpc) is 3.03. The molecule has 2 aromatic rings. The van der Waals surface area contributed by atoms with E-state index in [9.17, 15) is 4.79 Å². The van der Waals surface area contributed by atoms with Gasteiger partial charge < -0.3 is 10.1 Å². The number of hydrogen-bond donors (Lipinski definition) is 1. The van der Waals surface area contributed by atoms with Crippen molar-refractivity contribution in [1.29, 1.82) is 0 Å². The summed E-state index contributed by atoms with van der Waals surface area (Å²) in [4.78, 5) is 14.8. The molecule has 0 spiro atoms. The van der Waals surface area contributed by atoms with Gasteiger partial charge in [-0.2, -0.15) is 0 Å². The SMILES string of the molecule is COCc1ccc(C(=O)NC2CCN(Cc3ccccc3)C2)cc1. The lowest BCUT2D eigenvalue weighted by Crippen LogP contribution is -2.36. The molecule has 0 aromatic heterocycles. The summed E-state index contributed by atoms with van der Waals surface area (Å²) < 4.78 is 5.09. The van der Waals surface area contributed by atoms with Gasteiger partial charge in [-0.1, -0.05) is 42.5 Å². The van der Waals surface area contributed by atoms with Gasteiger partial charge in [0.1, 0.15) is 0 Å². The smallest absolute Gasteiger partial charge is 0.251 e. The normalized spacial score (nSPS) is 17.8. The minimum absolute atomic E-state index is 0.00512. The van der Waals surface area contributed by atoms with Gasteiger partial charge in [-0.15, -0.1) is 0 Å². The Bertz CT molecular complexity index is 655. The molecule has 1 N–H and O–H groups in total. The number of rotatable bonds is 6. The second-order valence-corrected chi connectivity index (χ2v) is 6.31. The van der Waals surface area contributed by atoms with E-state index in [2.05, 4.69) is 34.5 Å². The maximum atomic E-state index is 12.4. The molecule has 1 aliphatic heterocycles. The Balaban J connectivity index is 1.50. The molecular weight excluding hydrogens is 300 g/mol. The molecule has 3 rings (SSSR count). The van der Waals surface area contributed by atoms with Crippen molar-refractivity contribution < 1.29 is 9.53 Å². The van der Waals surface area contributed by atoms with Crippen LogP contribution in [0, 0.1) is 0 Å². The molecule has 0 saturated carbocycles. The van der Waals surface area contributed by atoms with E-state index >= 15 is 0 Å². The van der Waals surface area contributed by atoms with Crippen LogP contribution in [0.25, 0.3) is 0 Å². The van der Waals surface area contributed by atoms with Crippen molar-refractivity contribution >= 4 is 5.91 Å². The van der Waals surface area contributed by atoms with Crippen molar-refractivity contribution in [2.24, 2.45) is 0 Å². The average molecular weight is 324 g/mol. The number of carbonyl (C=O) groups is 1. The van der Waals surface area contributed by atoms with E-state index in [0.717, 1.165) is 31.6 Å². The first kappa shape index (κ1) is 16.7. The van der Waals surface area contributed by atoms with Crippen LogP contribution in [0.15, 0.2) is 54.6 Å². The number of methoxy groups -OCH3 is 1. The van der Waals surface area contributed by atoms with Crippen LogP contribution < -0.4 is 5.32 Å². The highest BCUT2D eigenvalue weighted by molar-refractivity contribution is 5.94. The Morgan fingerprint density at radius 3 is 2.58 bits per heavy atom. The number of nitrogens with one attached hydrogen (secondary N) is 1. The summed E-state index contributed by atoms with van der Waals surface area (Å²) >= 11 is 0. The van der Waals surface area contributed by atoms with Crippen molar-refractivity contribution in [1.82, 2.24) is 10.2 Å². The fourth-order valence-corrected chi connectivity index (χ4v) is 3.12. The predicted molar refractivity (Wildman–Crippen MR) is 94.7 cm³/mol. The van der Waals surface area contributed by atoms with Crippen LogP contribution in [0.1, 0.15) is 27.9 Å². The Kier molecular flexibility index (Phi) is 5.62. The molecule has 0 bridgehead atoms. The summed E-state index contributed by atoms with van der Waals surface area (Å²) in [6.45, 7) is 3.44. The van der Waals surface area contributed by atoms with Crippen LogP contribution in [-0.4, -0.2) is 37.0 Å². The van der Waals surface area contributed by atoms with Crippen LogP contribution in [0.3, 0.4) is 0 Å². The largest absolute Gasteiger partial charge is 0.380 e. The summed E-state index contributed by atoms with van der Waals surface area (Å²) in [6, 6.07) is 18.3. The zero-order valence-electron chi connectivity index (χ0n) is 14.1. The highest BCUT2D eigenvalue weighted by Crippen LogP contribution is 2.14. The minimum Gasteiger partial charge on any atom is -0.380 e. The number of nitrogens with zero attached hydrogens (tertiary/aromatic N) is 1. The van der Waals surface area contributed by atoms with Crippen LogP contribution in [0.4, 0.5) is 0 Å². The van der Waals surface area contributed by atoms with Gasteiger partial charge in [-0.05, 0) is 29.7 Å². The molecule has 0 aliphatic carbocycles. The minimum atomic E-state index is 0.00512.